The monoisotopic (exact) mass is 284 g/mol. The predicted molar refractivity (Wildman–Crippen MR) is 78.6 cm³/mol. The summed E-state index contributed by atoms with van der Waals surface area (Å²) in [7, 11) is 3.36. The maximum Gasteiger partial charge on any atom is 0.305 e. The van der Waals surface area contributed by atoms with Gasteiger partial charge in [-0.05, 0) is 12.1 Å². The number of benzene rings is 1. The van der Waals surface area contributed by atoms with Gasteiger partial charge in [0, 0.05) is 13.5 Å². The second kappa shape index (κ2) is 5.40. The van der Waals surface area contributed by atoms with Crippen molar-refractivity contribution in [3.63, 3.8) is 0 Å². The highest BCUT2D eigenvalue weighted by Crippen LogP contribution is 2.22. The summed E-state index contributed by atoms with van der Waals surface area (Å²) < 4.78 is 6.65. The van der Waals surface area contributed by atoms with Crippen LogP contribution in [0.3, 0.4) is 0 Å². The molecular formula is C15H16N4O2. The average molecular weight is 284 g/mol. The van der Waals surface area contributed by atoms with Crippen LogP contribution in [0.15, 0.2) is 30.5 Å². The average Bonchev–Trinajstić information content (AvgIpc) is 3.10. The molecule has 0 amide bonds. The van der Waals surface area contributed by atoms with E-state index in [1.54, 1.807) is 6.20 Å². The predicted octanol–water partition coefficient (Wildman–Crippen LogP) is 2.07. The fourth-order valence-corrected chi connectivity index (χ4v) is 2.31. The molecule has 1 aromatic carbocycles. The molecule has 0 atom stereocenters. The van der Waals surface area contributed by atoms with Gasteiger partial charge in [-0.2, -0.15) is 0 Å². The Bertz CT molecular complexity index is 788. The van der Waals surface area contributed by atoms with Gasteiger partial charge >= 0.3 is 5.97 Å². The van der Waals surface area contributed by atoms with Gasteiger partial charge in [0.2, 0.25) is 0 Å². The first-order valence-corrected chi connectivity index (χ1v) is 6.71. The summed E-state index contributed by atoms with van der Waals surface area (Å²) in [6, 6.07) is 7.96. The van der Waals surface area contributed by atoms with E-state index in [2.05, 4.69) is 19.7 Å². The van der Waals surface area contributed by atoms with Crippen LogP contribution in [0.25, 0.3) is 22.6 Å². The molecule has 108 valence electrons. The maximum absolute atomic E-state index is 11.2. The highest BCUT2D eigenvalue weighted by Gasteiger charge is 2.12. The van der Waals surface area contributed by atoms with Crippen molar-refractivity contribution < 1.29 is 9.53 Å². The number of hydrogen-bond acceptors (Lipinski definition) is 4. The van der Waals surface area contributed by atoms with Gasteiger partial charge in [0.1, 0.15) is 11.5 Å². The van der Waals surface area contributed by atoms with Gasteiger partial charge in [0.05, 0.1) is 30.8 Å². The molecule has 2 heterocycles. The van der Waals surface area contributed by atoms with Crippen LogP contribution in [-0.2, 0) is 23.0 Å². The molecule has 0 aliphatic heterocycles. The Balaban J connectivity index is 1.88. The normalized spacial score (nSPS) is 11.0. The Morgan fingerprint density at radius 2 is 2.19 bits per heavy atom. The van der Waals surface area contributed by atoms with Crippen LogP contribution < -0.4 is 0 Å². The second-order valence-corrected chi connectivity index (χ2v) is 4.80. The zero-order chi connectivity index (χ0) is 14.8. The lowest BCUT2D eigenvalue weighted by atomic mass is 10.3. The lowest BCUT2D eigenvalue weighted by Crippen LogP contribution is -2.02. The molecule has 0 fully saturated rings. The molecule has 21 heavy (non-hydrogen) atoms. The first-order chi connectivity index (χ1) is 10.2. The van der Waals surface area contributed by atoms with E-state index in [4.69, 9.17) is 0 Å². The lowest BCUT2D eigenvalue weighted by Gasteiger charge is -1.99. The summed E-state index contributed by atoms with van der Waals surface area (Å²) in [6.07, 6.45) is 2.58. The van der Waals surface area contributed by atoms with Crippen LogP contribution in [0.4, 0.5) is 0 Å². The zero-order valence-corrected chi connectivity index (χ0v) is 12.0. The Morgan fingerprint density at radius 3 is 2.95 bits per heavy atom. The highest BCUT2D eigenvalue weighted by atomic mass is 16.5. The SMILES string of the molecule is COC(=O)CCc1ncc(-c2nc3ccccc3n2C)[nH]1. The van der Waals surface area contributed by atoms with E-state index in [-0.39, 0.29) is 5.97 Å². The smallest absolute Gasteiger partial charge is 0.305 e. The number of H-pyrrole nitrogens is 1. The standard InChI is InChI=1S/C15H16N4O2/c1-19-12-6-4-3-5-10(12)18-15(19)11-9-16-13(17-11)7-8-14(20)21-2/h3-6,9H,7-8H2,1-2H3,(H,16,17). The summed E-state index contributed by atoms with van der Waals surface area (Å²) in [5.41, 5.74) is 2.85. The van der Waals surface area contributed by atoms with Crippen molar-refractivity contribution >= 4 is 17.0 Å². The molecule has 0 saturated carbocycles. The van der Waals surface area contributed by atoms with Crippen molar-refractivity contribution in [2.24, 2.45) is 7.05 Å². The fourth-order valence-electron chi connectivity index (χ4n) is 2.31. The van der Waals surface area contributed by atoms with Crippen LogP contribution in [0.5, 0.6) is 0 Å². The molecule has 0 aliphatic rings. The zero-order valence-electron chi connectivity index (χ0n) is 12.0. The number of ether oxygens (including phenoxy) is 1. The molecule has 0 aliphatic carbocycles. The van der Waals surface area contributed by atoms with Crippen molar-refractivity contribution in [2.45, 2.75) is 12.8 Å². The molecule has 1 N–H and O–H groups in total. The van der Waals surface area contributed by atoms with E-state index in [0.717, 1.165) is 28.4 Å². The third kappa shape index (κ3) is 2.52. The Morgan fingerprint density at radius 1 is 1.38 bits per heavy atom. The van der Waals surface area contributed by atoms with E-state index in [9.17, 15) is 4.79 Å². The number of carbonyl (C=O) groups is 1. The molecule has 0 spiro atoms. The Hall–Kier alpha value is -2.63. The minimum atomic E-state index is -0.240. The van der Waals surface area contributed by atoms with Gasteiger partial charge < -0.3 is 14.3 Å². The molecule has 0 bridgehead atoms. The van der Waals surface area contributed by atoms with Crippen molar-refractivity contribution in [2.75, 3.05) is 7.11 Å². The second-order valence-electron chi connectivity index (χ2n) is 4.80. The van der Waals surface area contributed by atoms with E-state index in [1.165, 1.54) is 7.11 Å². The van der Waals surface area contributed by atoms with Gasteiger partial charge in [-0.1, -0.05) is 12.1 Å². The number of fused-ring (bicyclic) bond motifs is 1. The van der Waals surface area contributed by atoms with Gasteiger partial charge in [-0.25, -0.2) is 9.97 Å². The first kappa shape index (κ1) is 13.4. The third-order valence-electron chi connectivity index (χ3n) is 3.45. The number of esters is 1. The molecule has 0 radical (unpaired) electrons. The van der Waals surface area contributed by atoms with Gasteiger partial charge in [-0.15, -0.1) is 0 Å². The number of aromatic nitrogens is 4. The van der Waals surface area contributed by atoms with Crippen LogP contribution in [0.2, 0.25) is 0 Å². The molecule has 6 nitrogen and oxygen atoms in total. The highest BCUT2D eigenvalue weighted by molar-refractivity contribution is 5.79. The summed E-state index contributed by atoms with van der Waals surface area (Å²) in [5, 5.41) is 0. The van der Waals surface area contributed by atoms with Gasteiger partial charge in [-0.3, -0.25) is 4.79 Å². The molecule has 6 heteroatoms. The third-order valence-corrected chi connectivity index (χ3v) is 3.45. The van der Waals surface area contributed by atoms with Gasteiger partial charge in [0.15, 0.2) is 5.82 Å². The number of aromatic amines is 1. The van der Waals surface area contributed by atoms with E-state index < -0.39 is 0 Å². The molecule has 3 rings (SSSR count). The lowest BCUT2D eigenvalue weighted by molar-refractivity contribution is -0.140. The molecule has 0 unspecified atom stereocenters. The number of nitrogens with one attached hydrogen (secondary N) is 1. The minimum absolute atomic E-state index is 0.240. The van der Waals surface area contributed by atoms with Crippen LogP contribution >= 0.6 is 0 Å². The Labute approximate surface area is 121 Å². The van der Waals surface area contributed by atoms with Crippen LogP contribution in [-0.4, -0.2) is 32.6 Å². The number of carbonyl (C=O) groups excluding carboxylic acids is 1. The van der Waals surface area contributed by atoms with Gasteiger partial charge in [0.25, 0.3) is 0 Å². The molecular weight excluding hydrogens is 268 g/mol. The van der Waals surface area contributed by atoms with Crippen LogP contribution in [0, 0.1) is 0 Å². The van der Waals surface area contributed by atoms with E-state index >= 15 is 0 Å². The number of methoxy groups -OCH3 is 1. The summed E-state index contributed by atoms with van der Waals surface area (Å²) in [6.45, 7) is 0. The number of imidazole rings is 2. The summed E-state index contributed by atoms with van der Waals surface area (Å²) in [5.74, 6) is 1.34. The van der Waals surface area contributed by atoms with E-state index in [1.807, 2.05) is 35.9 Å². The Kier molecular flexibility index (Phi) is 3.43. The largest absolute Gasteiger partial charge is 0.469 e. The molecule has 2 aromatic heterocycles. The van der Waals surface area contributed by atoms with Crippen molar-refractivity contribution in [3.8, 4) is 11.5 Å². The maximum atomic E-state index is 11.2. The summed E-state index contributed by atoms with van der Waals surface area (Å²) in [4.78, 5) is 23.3. The van der Waals surface area contributed by atoms with Crippen molar-refractivity contribution in [3.05, 3.63) is 36.3 Å². The number of para-hydroxylation sites is 2. The van der Waals surface area contributed by atoms with Crippen LogP contribution in [0.1, 0.15) is 12.2 Å². The topological polar surface area (TPSA) is 72.8 Å². The molecule has 3 aromatic rings. The van der Waals surface area contributed by atoms with Crippen molar-refractivity contribution in [1.82, 2.24) is 19.5 Å². The first-order valence-electron chi connectivity index (χ1n) is 6.71. The minimum Gasteiger partial charge on any atom is -0.469 e. The number of hydrogen-bond donors (Lipinski definition) is 1. The fraction of sp³-hybridized carbons (Fsp3) is 0.267. The number of rotatable bonds is 4. The summed E-state index contributed by atoms with van der Waals surface area (Å²) >= 11 is 0. The number of aryl methyl sites for hydroxylation is 2. The molecule has 0 saturated heterocycles. The van der Waals surface area contributed by atoms with Crippen molar-refractivity contribution in [1.29, 1.82) is 0 Å². The van der Waals surface area contributed by atoms with E-state index in [0.29, 0.717) is 12.8 Å². The quantitative estimate of drug-likeness (QED) is 0.744. The number of nitrogens with zero attached hydrogens (tertiary/aromatic N) is 3.